The molecule has 0 bridgehead atoms. The third-order valence-corrected chi connectivity index (χ3v) is 3.40. The van der Waals surface area contributed by atoms with Crippen LogP contribution in [0.1, 0.15) is 33.1 Å². The van der Waals surface area contributed by atoms with Gasteiger partial charge in [-0.1, -0.05) is 31.5 Å². The summed E-state index contributed by atoms with van der Waals surface area (Å²) in [7, 11) is -1.66. The van der Waals surface area contributed by atoms with Crippen molar-refractivity contribution in [2.75, 3.05) is 0 Å². The van der Waals surface area contributed by atoms with E-state index in [0.29, 0.717) is 5.95 Å². The van der Waals surface area contributed by atoms with Gasteiger partial charge in [0.15, 0.2) is 0 Å². The average Bonchev–Trinajstić information content (AvgIpc) is 2.35. The summed E-state index contributed by atoms with van der Waals surface area (Å²) in [6.45, 7) is 10.8. The highest BCUT2D eigenvalue weighted by Gasteiger charge is 2.20. The largest absolute Gasteiger partial charge is 0.519 e. The fourth-order valence-corrected chi connectivity index (χ4v) is 2.38. The molecule has 0 aliphatic heterocycles. The number of ether oxygens (including phenoxy) is 1. The van der Waals surface area contributed by atoms with E-state index >= 15 is 0 Å². The van der Waals surface area contributed by atoms with E-state index in [1.165, 1.54) is 18.4 Å². The van der Waals surface area contributed by atoms with E-state index in [2.05, 4.69) is 33.5 Å². The summed E-state index contributed by atoms with van der Waals surface area (Å²) in [5.74, 6) is 1.55. The first-order valence-electron chi connectivity index (χ1n) is 7.04. The Kier molecular flexibility index (Phi) is 6.16. The summed E-state index contributed by atoms with van der Waals surface area (Å²) < 4.78 is 12.0. The Morgan fingerprint density at radius 2 is 1.74 bits per heavy atom. The number of para-hydroxylation sites is 1. The van der Waals surface area contributed by atoms with E-state index in [-0.39, 0.29) is 0 Å². The summed E-state index contributed by atoms with van der Waals surface area (Å²) in [6.07, 6.45) is 3.38. The van der Waals surface area contributed by atoms with E-state index < -0.39 is 8.32 Å². The van der Waals surface area contributed by atoms with Crippen molar-refractivity contribution in [3.63, 3.8) is 0 Å². The number of allylic oxidation sites excluding steroid dienone is 1. The van der Waals surface area contributed by atoms with E-state index in [1.54, 1.807) is 0 Å². The highest BCUT2D eigenvalue weighted by molar-refractivity contribution is 6.70. The Morgan fingerprint density at radius 3 is 2.26 bits per heavy atom. The van der Waals surface area contributed by atoms with Crippen molar-refractivity contribution in [2.45, 2.75) is 52.8 Å². The minimum atomic E-state index is -1.66. The third kappa shape index (κ3) is 6.48. The maximum Gasteiger partial charge on any atom is 0.269 e. The minimum Gasteiger partial charge on any atom is -0.519 e. The number of benzene rings is 1. The monoisotopic (exact) mass is 278 g/mol. The molecule has 0 unspecified atom stereocenters. The molecule has 0 radical (unpaired) electrons. The lowest BCUT2D eigenvalue weighted by Gasteiger charge is -2.23. The lowest BCUT2D eigenvalue weighted by molar-refractivity contribution is 0.213. The Bertz CT molecular complexity index is 405. The molecule has 0 aliphatic rings. The lowest BCUT2D eigenvalue weighted by Crippen LogP contribution is -2.27. The Morgan fingerprint density at radius 1 is 1.11 bits per heavy atom. The maximum absolute atomic E-state index is 6.10. The SMILES string of the molecule is CCCC/C(C)=C(/Oc1ccccc1)O[Si](C)(C)C. The van der Waals surface area contributed by atoms with Crippen molar-refractivity contribution in [1.29, 1.82) is 0 Å². The third-order valence-electron chi connectivity index (χ3n) is 2.61. The molecule has 0 heterocycles. The molecule has 0 fully saturated rings. The van der Waals surface area contributed by atoms with Crippen molar-refractivity contribution in [3.8, 4) is 5.75 Å². The lowest BCUT2D eigenvalue weighted by atomic mass is 10.1. The molecule has 0 atom stereocenters. The van der Waals surface area contributed by atoms with Crippen LogP contribution in [-0.4, -0.2) is 8.32 Å². The first-order valence-corrected chi connectivity index (χ1v) is 10.4. The summed E-state index contributed by atoms with van der Waals surface area (Å²) in [4.78, 5) is 0. The van der Waals surface area contributed by atoms with Gasteiger partial charge in [-0.3, -0.25) is 0 Å². The van der Waals surface area contributed by atoms with E-state index in [0.717, 1.165) is 12.2 Å². The van der Waals surface area contributed by atoms with Crippen molar-refractivity contribution in [2.24, 2.45) is 0 Å². The molecule has 106 valence electrons. The normalized spacial score (nSPS) is 12.9. The standard InChI is InChI=1S/C16H26O2Si/c1-6-7-11-14(2)16(18-19(3,4)5)17-15-12-9-8-10-13-15/h8-10,12-13H,6-7,11H2,1-5H3/b16-14-. The Balaban J connectivity index is 2.86. The van der Waals surface area contributed by atoms with Crippen molar-refractivity contribution >= 4 is 8.32 Å². The van der Waals surface area contributed by atoms with Crippen LogP contribution in [0.25, 0.3) is 0 Å². The molecular formula is C16H26O2Si. The summed E-state index contributed by atoms with van der Waals surface area (Å²) in [6, 6.07) is 9.85. The second-order valence-electron chi connectivity index (χ2n) is 5.80. The fraction of sp³-hybridized carbons (Fsp3) is 0.500. The van der Waals surface area contributed by atoms with Crippen LogP contribution in [0, 0.1) is 0 Å². The van der Waals surface area contributed by atoms with Crippen LogP contribution >= 0.6 is 0 Å². The van der Waals surface area contributed by atoms with Crippen LogP contribution in [0.2, 0.25) is 19.6 Å². The van der Waals surface area contributed by atoms with Crippen LogP contribution in [-0.2, 0) is 4.43 Å². The van der Waals surface area contributed by atoms with E-state index in [4.69, 9.17) is 9.16 Å². The second kappa shape index (κ2) is 7.39. The van der Waals surface area contributed by atoms with Crippen LogP contribution in [0.3, 0.4) is 0 Å². The zero-order valence-electron chi connectivity index (χ0n) is 12.8. The van der Waals surface area contributed by atoms with Crippen LogP contribution in [0.4, 0.5) is 0 Å². The number of hydrogen-bond acceptors (Lipinski definition) is 2. The molecule has 1 aromatic rings. The zero-order valence-corrected chi connectivity index (χ0v) is 13.8. The van der Waals surface area contributed by atoms with Crippen molar-refractivity contribution < 1.29 is 9.16 Å². The van der Waals surface area contributed by atoms with Gasteiger partial charge in [-0.05, 0) is 51.5 Å². The topological polar surface area (TPSA) is 18.5 Å². The molecular weight excluding hydrogens is 252 g/mol. The van der Waals surface area contributed by atoms with Gasteiger partial charge in [0.05, 0.1) is 0 Å². The molecule has 0 aliphatic carbocycles. The number of rotatable bonds is 7. The summed E-state index contributed by atoms with van der Waals surface area (Å²) in [5.41, 5.74) is 1.20. The van der Waals surface area contributed by atoms with Gasteiger partial charge in [0.25, 0.3) is 5.95 Å². The second-order valence-corrected chi connectivity index (χ2v) is 10.2. The first-order chi connectivity index (χ1) is 8.92. The van der Waals surface area contributed by atoms with E-state index in [1.807, 2.05) is 30.3 Å². The van der Waals surface area contributed by atoms with Crippen LogP contribution in [0.5, 0.6) is 5.75 Å². The summed E-state index contributed by atoms with van der Waals surface area (Å²) >= 11 is 0. The smallest absolute Gasteiger partial charge is 0.269 e. The molecule has 3 heteroatoms. The van der Waals surface area contributed by atoms with Crippen molar-refractivity contribution in [1.82, 2.24) is 0 Å². The summed E-state index contributed by atoms with van der Waals surface area (Å²) in [5, 5.41) is 0. The van der Waals surface area contributed by atoms with Gasteiger partial charge in [-0.15, -0.1) is 0 Å². The first kappa shape index (κ1) is 15.8. The van der Waals surface area contributed by atoms with Gasteiger partial charge in [0.2, 0.25) is 8.32 Å². The molecule has 0 saturated heterocycles. The molecule has 0 N–H and O–H groups in total. The van der Waals surface area contributed by atoms with Gasteiger partial charge in [-0.25, -0.2) is 0 Å². The zero-order chi connectivity index (χ0) is 14.3. The van der Waals surface area contributed by atoms with Crippen LogP contribution in [0.15, 0.2) is 41.9 Å². The predicted molar refractivity (Wildman–Crippen MR) is 83.7 cm³/mol. The molecule has 0 spiro atoms. The number of hydrogen-bond donors (Lipinski definition) is 0. The molecule has 2 nitrogen and oxygen atoms in total. The van der Waals surface area contributed by atoms with Gasteiger partial charge < -0.3 is 9.16 Å². The van der Waals surface area contributed by atoms with Gasteiger partial charge in [0.1, 0.15) is 5.75 Å². The Labute approximate surface area is 118 Å². The van der Waals surface area contributed by atoms with Gasteiger partial charge in [0, 0.05) is 5.57 Å². The Hall–Kier alpha value is -1.22. The quantitative estimate of drug-likeness (QED) is 0.495. The molecule has 0 saturated carbocycles. The average molecular weight is 278 g/mol. The molecule has 0 aromatic heterocycles. The predicted octanol–water partition coefficient (Wildman–Crippen LogP) is 5.34. The highest BCUT2D eigenvalue weighted by atomic mass is 28.4. The van der Waals surface area contributed by atoms with Crippen LogP contribution < -0.4 is 4.74 Å². The van der Waals surface area contributed by atoms with Crippen molar-refractivity contribution in [3.05, 3.63) is 41.9 Å². The fourth-order valence-electron chi connectivity index (χ4n) is 1.61. The van der Waals surface area contributed by atoms with E-state index in [9.17, 15) is 0 Å². The molecule has 1 aromatic carbocycles. The maximum atomic E-state index is 6.10. The van der Waals surface area contributed by atoms with Gasteiger partial charge in [-0.2, -0.15) is 0 Å². The van der Waals surface area contributed by atoms with Gasteiger partial charge >= 0.3 is 0 Å². The molecule has 19 heavy (non-hydrogen) atoms. The molecule has 1 rings (SSSR count). The molecule has 0 amide bonds. The highest BCUT2D eigenvalue weighted by Crippen LogP contribution is 2.22. The number of unbranched alkanes of at least 4 members (excludes halogenated alkanes) is 1. The minimum absolute atomic E-state index is 0.707.